The van der Waals surface area contributed by atoms with Crippen molar-refractivity contribution in [2.24, 2.45) is 0 Å². The van der Waals surface area contributed by atoms with Crippen molar-refractivity contribution >= 4 is 86.7 Å². The van der Waals surface area contributed by atoms with E-state index < -0.39 is 11.8 Å². The van der Waals surface area contributed by atoms with Crippen LogP contribution in [0.15, 0.2) is 60.2 Å². The molecule has 2 amide bonds. The number of amides is 2. The molecular weight excluding hydrogens is 653 g/mol. The molecule has 0 aromatic heterocycles. The summed E-state index contributed by atoms with van der Waals surface area (Å²) in [6.45, 7) is 2.38. The van der Waals surface area contributed by atoms with Crippen molar-refractivity contribution in [3.63, 3.8) is 0 Å². The van der Waals surface area contributed by atoms with Crippen molar-refractivity contribution in [1.29, 1.82) is 0 Å². The molecular formula is C26H18Cl2FIN2O4S. The Morgan fingerprint density at radius 3 is 2.54 bits per heavy atom. The Morgan fingerprint density at radius 2 is 1.84 bits per heavy atom. The highest BCUT2D eigenvalue weighted by atomic mass is 127. The van der Waals surface area contributed by atoms with Gasteiger partial charge in [-0.2, -0.15) is 0 Å². The van der Waals surface area contributed by atoms with Crippen LogP contribution >= 0.6 is 58.0 Å². The van der Waals surface area contributed by atoms with E-state index in [0.717, 1.165) is 10.5 Å². The Labute approximate surface area is 241 Å². The van der Waals surface area contributed by atoms with Gasteiger partial charge in [-0.25, -0.2) is 4.39 Å². The molecule has 3 aromatic carbocycles. The standard InChI is InChI=1S/C26H18Cl2FIN2O4S/c1-2-35-21-12-15(11-19(30)23(21)36-13-14-6-8-16(29)9-7-14)10-17-24(33)31-26(37)32(25(17)34)20-5-3-4-18(27)22(20)28/h3-12H,2,13H2,1H3,(H,31,33,37)/b17-10+. The second-order valence-corrected chi connectivity index (χ2v) is 10.0. The summed E-state index contributed by atoms with van der Waals surface area (Å²) < 4.78 is 25.6. The summed E-state index contributed by atoms with van der Waals surface area (Å²) in [5.74, 6) is -0.709. The Bertz CT molecular complexity index is 1430. The zero-order valence-corrected chi connectivity index (χ0v) is 23.7. The van der Waals surface area contributed by atoms with Crippen molar-refractivity contribution < 1.29 is 23.5 Å². The van der Waals surface area contributed by atoms with Gasteiger partial charge in [0.05, 0.1) is 25.9 Å². The predicted molar refractivity (Wildman–Crippen MR) is 154 cm³/mol. The lowest BCUT2D eigenvalue weighted by Gasteiger charge is -2.29. The molecule has 1 aliphatic rings. The summed E-state index contributed by atoms with van der Waals surface area (Å²) in [6.07, 6.45) is 1.44. The van der Waals surface area contributed by atoms with Crippen molar-refractivity contribution in [2.45, 2.75) is 13.5 Å². The van der Waals surface area contributed by atoms with E-state index in [9.17, 15) is 14.0 Å². The number of halogens is 4. The SMILES string of the molecule is CCOc1cc(/C=C2\C(=O)NC(=S)N(c3cccc(Cl)c3Cl)C2=O)cc(I)c1OCc1ccc(F)cc1. The van der Waals surface area contributed by atoms with Crippen molar-refractivity contribution in [1.82, 2.24) is 5.32 Å². The van der Waals surface area contributed by atoms with E-state index in [1.165, 1.54) is 18.2 Å². The molecule has 190 valence electrons. The first-order valence-corrected chi connectivity index (χ1v) is 13.1. The summed E-state index contributed by atoms with van der Waals surface area (Å²) >= 11 is 19.7. The average Bonchev–Trinajstić information content (AvgIpc) is 2.85. The molecule has 0 bridgehead atoms. The van der Waals surface area contributed by atoms with Crippen molar-refractivity contribution in [3.8, 4) is 11.5 Å². The summed E-state index contributed by atoms with van der Waals surface area (Å²) in [5.41, 5.74) is 1.42. The third kappa shape index (κ3) is 6.06. The molecule has 0 aliphatic carbocycles. The summed E-state index contributed by atoms with van der Waals surface area (Å²) in [6, 6.07) is 14.2. The van der Waals surface area contributed by atoms with Crippen LogP contribution in [0.1, 0.15) is 18.1 Å². The quantitative estimate of drug-likeness (QED) is 0.134. The first-order chi connectivity index (χ1) is 17.7. The molecule has 37 heavy (non-hydrogen) atoms. The van der Waals surface area contributed by atoms with E-state index >= 15 is 0 Å². The van der Waals surface area contributed by atoms with Gasteiger partial charge in [0.2, 0.25) is 0 Å². The monoisotopic (exact) mass is 670 g/mol. The lowest BCUT2D eigenvalue weighted by atomic mass is 10.1. The van der Waals surface area contributed by atoms with Gasteiger partial charge in [-0.1, -0.05) is 41.4 Å². The number of thiocarbonyl (C=S) groups is 1. The van der Waals surface area contributed by atoms with Crippen LogP contribution in [0, 0.1) is 9.39 Å². The Hall–Kier alpha value is -2.73. The fourth-order valence-electron chi connectivity index (χ4n) is 3.52. The molecule has 0 saturated carbocycles. The number of hydrogen-bond acceptors (Lipinski definition) is 5. The van der Waals surface area contributed by atoms with Crippen molar-refractivity contribution in [3.05, 3.63) is 90.7 Å². The summed E-state index contributed by atoms with van der Waals surface area (Å²) in [5, 5.41) is 2.79. The Balaban J connectivity index is 1.67. The fourth-order valence-corrected chi connectivity index (χ4v) is 4.95. The Kier molecular flexibility index (Phi) is 8.68. The largest absolute Gasteiger partial charge is 0.490 e. The fraction of sp³-hybridized carbons (Fsp3) is 0.115. The highest BCUT2D eigenvalue weighted by molar-refractivity contribution is 14.1. The van der Waals surface area contributed by atoms with Gasteiger partial charge in [0.15, 0.2) is 16.6 Å². The van der Waals surface area contributed by atoms with Crippen LogP contribution in [0.3, 0.4) is 0 Å². The molecule has 0 radical (unpaired) electrons. The smallest absolute Gasteiger partial charge is 0.270 e. The topological polar surface area (TPSA) is 67.9 Å². The Morgan fingerprint density at radius 1 is 1.11 bits per heavy atom. The van der Waals surface area contributed by atoms with E-state index in [1.807, 2.05) is 6.92 Å². The van der Waals surface area contributed by atoms with Crippen LogP contribution in [0.2, 0.25) is 10.0 Å². The van der Waals surface area contributed by atoms with Gasteiger partial charge in [-0.15, -0.1) is 0 Å². The van der Waals surface area contributed by atoms with E-state index in [4.69, 9.17) is 44.9 Å². The molecule has 6 nitrogen and oxygen atoms in total. The number of carbonyl (C=O) groups is 2. The number of hydrogen-bond donors (Lipinski definition) is 1. The highest BCUT2D eigenvalue weighted by Crippen LogP contribution is 2.37. The maximum atomic E-state index is 13.4. The normalized spacial score (nSPS) is 14.7. The molecule has 1 N–H and O–H groups in total. The van der Waals surface area contributed by atoms with Crippen LogP contribution in [0.5, 0.6) is 11.5 Å². The molecule has 0 spiro atoms. The van der Waals surface area contributed by atoms with E-state index in [1.54, 1.807) is 42.5 Å². The predicted octanol–water partition coefficient (Wildman–Crippen LogP) is 6.55. The lowest BCUT2D eigenvalue weighted by Crippen LogP contribution is -2.54. The number of anilines is 1. The van der Waals surface area contributed by atoms with Gasteiger partial charge >= 0.3 is 0 Å². The van der Waals surface area contributed by atoms with Crippen LogP contribution < -0.4 is 19.7 Å². The second kappa shape index (κ2) is 11.8. The van der Waals surface area contributed by atoms with Gasteiger partial charge in [-0.3, -0.25) is 19.8 Å². The van der Waals surface area contributed by atoms with Crippen LogP contribution in [0.4, 0.5) is 10.1 Å². The number of nitrogens with one attached hydrogen (secondary N) is 1. The van der Waals surface area contributed by atoms with Crippen LogP contribution in [-0.4, -0.2) is 23.5 Å². The molecule has 11 heteroatoms. The van der Waals surface area contributed by atoms with E-state index in [2.05, 4.69) is 27.9 Å². The summed E-state index contributed by atoms with van der Waals surface area (Å²) in [7, 11) is 0. The molecule has 1 heterocycles. The van der Waals surface area contributed by atoms with Gasteiger partial charge in [0, 0.05) is 0 Å². The zero-order valence-electron chi connectivity index (χ0n) is 19.2. The van der Waals surface area contributed by atoms with Crippen molar-refractivity contribution in [2.75, 3.05) is 11.5 Å². The average molecular weight is 671 g/mol. The minimum atomic E-state index is -0.650. The first kappa shape index (κ1) is 27.3. The molecule has 1 fully saturated rings. The lowest BCUT2D eigenvalue weighted by molar-refractivity contribution is -0.122. The first-order valence-electron chi connectivity index (χ1n) is 10.9. The molecule has 0 atom stereocenters. The third-order valence-corrected chi connectivity index (χ3v) is 7.11. The maximum absolute atomic E-state index is 13.4. The number of ether oxygens (including phenoxy) is 2. The molecule has 3 aromatic rings. The van der Waals surface area contributed by atoms with E-state index in [-0.39, 0.29) is 38.8 Å². The second-order valence-electron chi connectivity index (χ2n) is 7.71. The highest BCUT2D eigenvalue weighted by Gasteiger charge is 2.35. The number of rotatable bonds is 7. The molecule has 0 unspecified atom stereocenters. The molecule has 1 aliphatic heterocycles. The zero-order chi connectivity index (χ0) is 26.7. The van der Waals surface area contributed by atoms with E-state index in [0.29, 0.717) is 27.2 Å². The van der Waals surface area contributed by atoms with Crippen LogP contribution in [-0.2, 0) is 16.2 Å². The maximum Gasteiger partial charge on any atom is 0.270 e. The molecule has 4 rings (SSSR count). The van der Waals surface area contributed by atoms with Gasteiger partial charge in [0.1, 0.15) is 18.0 Å². The van der Waals surface area contributed by atoms with Crippen LogP contribution in [0.25, 0.3) is 6.08 Å². The molecule has 1 saturated heterocycles. The number of carbonyl (C=O) groups excluding carboxylic acids is 2. The summed E-state index contributed by atoms with van der Waals surface area (Å²) in [4.78, 5) is 27.2. The third-order valence-electron chi connectivity index (χ3n) is 5.21. The number of nitrogens with zero attached hydrogens (tertiary/aromatic N) is 1. The van der Waals surface area contributed by atoms with Gasteiger partial charge < -0.3 is 9.47 Å². The number of benzene rings is 3. The van der Waals surface area contributed by atoms with Gasteiger partial charge in [0.25, 0.3) is 11.8 Å². The van der Waals surface area contributed by atoms with Gasteiger partial charge in [-0.05, 0) is 95.3 Å². The minimum absolute atomic E-state index is 0.106. The minimum Gasteiger partial charge on any atom is -0.490 e.